The molecule has 0 unspecified atom stereocenters. The Bertz CT molecular complexity index is 569. The van der Waals surface area contributed by atoms with Crippen LogP contribution in [0.3, 0.4) is 0 Å². The predicted octanol–water partition coefficient (Wildman–Crippen LogP) is 3.18. The number of rotatable bonds is 3. The van der Waals surface area contributed by atoms with Crippen molar-refractivity contribution in [2.75, 3.05) is 11.9 Å². The van der Waals surface area contributed by atoms with Crippen LogP contribution in [0.1, 0.15) is 25.7 Å². The molecule has 0 spiro atoms. The minimum absolute atomic E-state index is 0.180. The number of aromatic nitrogens is 2. The van der Waals surface area contributed by atoms with Crippen molar-refractivity contribution >= 4 is 28.2 Å². The van der Waals surface area contributed by atoms with Gasteiger partial charge in [0.15, 0.2) is 0 Å². The molecule has 3 N–H and O–H groups in total. The Labute approximate surface area is 117 Å². The zero-order valence-electron chi connectivity index (χ0n) is 10.7. The van der Waals surface area contributed by atoms with Crippen molar-refractivity contribution in [3.8, 4) is 0 Å². The molecular weight excluding hydrogens is 262 g/mol. The molecule has 0 aliphatic heterocycles. The highest BCUT2D eigenvalue weighted by atomic mass is 35.5. The van der Waals surface area contributed by atoms with Crippen LogP contribution in [0.2, 0.25) is 5.02 Å². The highest BCUT2D eigenvalue weighted by Crippen LogP contribution is 2.29. The van der Waals surface area contributed by atoms with E-state index in [-0.39, 0.29) is 6.10 Å². The summed E-state index contributed by atoms with van der Waals surface area (Å²) >= 11 is 6.09. The first-order valence-electron chi connectivity index (χ1n) is 6.78. The van der Waals surface area contributed by atoms with Gasteiger partial charge in [-0.05, 0) is 25.0 Å². The van der Waals surface area contributed by atoms with E-state index in [9.17, 15) is 5.11 Å². The fourth-order valence-corrected chi connectivity index (χ4v) is 3.05. The summed E-state index contributed by atoms with van der Waals surface area (Å²) in [5, 5.41) is 22.1. The number of aliphatic hydroxyl groups excluding tert-OH is 1. The van der Waals surface area contributed by atoms with Crippen LogP contribution in [0.5, 0.6) is 0 Å². The maximum absolute atomic E-state index is 9.99. The van der Waals surface area contributed by atoms with E-state index < -0.39 is 0 Å². The lowest BCUT2D eigenvalue weighted by molar-refractivity contribution is 0.0763. The number of fused-ring (bicyclic) bond motifs is 1. The van der Waals surface area contributed by atoms with Crippen LogP contribution < -0.4 is 5.32 Å². The summed E-state index contributed by atoms with van der Waals surface area (Å²) in [6, 6.07) is 3.78. The largest absolute Gasteiger partial charge is 0.393 e. The normalized spacial score (nSPS) is 23.7. The molecule has 1 saturated carbocycles. The van der Waals surface area contributed by atoms with Crippen molar-refractivity contribution in [3.63, 3.8) is 0 Å². The summed E-state index contributed by atoms with van der Waals surface area (Å²) in [6.07, 6.45) is 5.97. The van der Waals surface area contributed by atoms with Gasteiger partial charge in [0.25, 0.3) is 0 Å². The van der Waals surface area contributed by atoms with Crippen LogP contribution in [0.25, 0.3) is 10.9 Å². The fourth-order valence-electron chi connectivity index (χ4n) is 2.83. The van der Waals surface area contributed by atoms with Gasteiger partial charge in [0.05, 0.1) is 17.8 Å². The maximum Gasteiger partial charge on any atom is 0.0686 e. The van der Waals surface area contributed by atoms with Crippen LogP contribution in [0.15, 0.2) is 18.3 Å². The minimum atomic E-state index is -0.180. The molecule has 102 valence electrons. The topological polar surface area (TPSA) is 60.9 Å². The molecule has 0 saturated heterocycles. The lowest BCUT2D eigenvalue weighted by Crippen LogP contribution is -2.30. The molecule has 1 fully saturated rings. The van der Waals surface area contributed by atoms with Gasteiger partial charge in [-0.25, -0.2) is 0 Å². The molecule has 4 nitrogen and oxygen atoms in total. The third-order valence-electron chi connectivity index (χ3n) is 3.95. The summed E-state index contributed by atoms with van der Waals surface area (Å²) in [6.45, 7) is 0.780. The number of nitrogens with one attached hydrogen (secondary N) is 2. The molecule has 2 atom stereocenters. The molecule has 1 aliphatic rings. The maximum atomic E-state index is 9.99. The summed E-state index contributed by atoms with van der Waals surface area (Å²) in [4.78, 5) is 0. The number of hydrogen-bond donors (Lipinski definition) is 3. The van der Waals surface area contributed by atoms with E-state index in [2.05, 4.69) is 15.5 Å². The molecule has 1 aliphatic carbocycles. The van der Waals surface area contributed by atoms with E-state index in [1.807, 2.05) is 12.1 Å². The number of benzene rings is 1. The van der Waals surface area contributed by atoms with Gasteiger partial charge in [0, 0.05) is 28.6 Å². The summed E-state index contributed by atoms with van der Waals surface area (Å²) in [7, 11) is 0. The Hall–Kier alpha value is -1.26. The van der Waals surface area contributed by atoms with Gasteiger partial charge in [-0.3, -0.25) is 5.10 Å². The molecule has 5 heteroatoms. The Morgan fingerprint density at radius 1 is 1.37 bits per heavy atom. The molecule has 19 heavy (non-hydrogen) atoms. The Kier molecular flexibility index (Phi) is 3.62. The highest BCUT2D eigenvalue weighted by Gasteiger charge is 2.22. The van der Waals surface area contributed by atoms with E-state index in [4.69, 9.17) is 11.6 Å². The average Bonchev–Trinajstić information content (AvgIpc) is 2.85. The Balaban J connectivity index is 1.75. The predicted molar refractivity (Wildman–Crippen MR) is 77.6 cm³/mol. The zero-order chi connectivity index (χ0) is 13.2. The SMILES string of the molecule is O[C@@H]1CCCC[C@H]1CNc1cc(Cl)cc2[nH]ncc12. The van der Waals surface area contributed by atoms with Crippen LogP contribution in [-0.4, -0.2) is 28.0 Å². The van der Waals surface area contributed by atoms with E-state index in [0.717, 1.165) is 42.4 Å². The molecule has 3 rings (SSSR count). The smallest absolute Gasteiger partial charge is 0.0686 e. The van der Waals surface area contributed by atoms with Crippen molar-refractivity contribution < 1.29 is 5.11 Å². The summed E-state index contributed by atoms with van der Waals surface area (Å²) < 4.78 is 0. The molecule has 1 aromatic heterocycles. The number of H-pyrrole nitrogens is 1. The highest BCUT2D eigenvalue weighted by molar-refractivity contribution is 6.31. The number of hydrogen-bond acceptors (Lipinski definition) is 3. The van der Waals surface area contributed by atoms with Crippen molar-refractivity contribution in [1.29, 1.82) is 0 Å². The lowest BCUT2D eigenvalue weighted by atomic mass is 9.86. The fraction of sp³-hybridized carbons (Fsp3) is 0.500. The first-order valence-corrected chi connectivity index (χ1v) is 7.16. The van der Waals surface area contributed by atoms with E-state index in [1.165, 1.54) is 6.42 Å². The first-order chi connectivity index (χ1) is 9.24. The Morgan fingerprint density at radius 3 is 3.05 bits per heavy atom. The van der Waals surface area contributed by atoms with Crippen LogP contribution in [0, 0.1) is 5.92 Å². The van der Waals surface area contributed by atoms with Crippen molar-refractivity contribution in [2.24, 2.45) is 5.92 Å². The summed E-state index contributed by atoms with van der Waals surface area (Å²) in [5.41, 5.74) is 1.91. The molecule has 0 bridgehead atoms. The third kappa shape index (κ3) is 2.69. The Morgan fingerprint density at radius 2 is 2.21 bits per heavy atom. The quantitative estimate of drug-likeness (QED) is 0.809. The second-order valence-electron chi connectivity index (χ2n) is 5.28. The molecule has 1 heterocycles. The van der Waals surface area contributed by atoms with Crippen LogP contribution in [0.4, 0.5) is 5.69 Å². The molecule has 1 aromatic carbocycles. The van der Waals surface area contributed by atoms with E-state index in [1.54, 1.807) is 6.20 Å². The standard InChI is InChI=1S/C14H18ClN3O/c15-10-5-12(11-8-17-18-13(11)6-10)16-7-9-3-1-2-4-14(9)19/h5-6,8-9,14,16,19H,1-4,7H2,(H,17,18)/t9-,14+/m0/s1. The number of anilines is 1. The van der Waals surface area contributed by atoms with Gasteiger partial charge in [0.1, 0.15) is 0 Å². The average molecular weight is 280 g/mol. The van der Waals surface area contributed by atoms with Gasteiger partial charge in [-0.1, -0.05) is 24.4 Å². The van der Waals surface area contributed by atoms with Crippen LogP contribution in [-0.2, 0) is 0 Å². The molecule has 2 aromatic rings. The van der Waals surface area contributed by atoms with Gasteiger partial charge in [-0.2, -0.15) is 5.10 Å². The second kappa shape index (κ2) is 5.39. The van der Waals surface area contributed by atoms with Crippen LogP contribution >= 0.6 is 11.6 Å². The number of aliphatic hydroxyl groups is 1. The lowest BCUT2D eigenvalue weighted by Gasteiger charge is -2.28. The van der Waals surface area contributed by atoms with Gasteiger partial charge < -0.3 is 10.4 Å². The van der Waals surface area contributed by atoms with E-state index in [0.29, 0.717) is 10.9 Å². The zero-order valence-corrected chi connectivity index (χ0v) is 11.5. The number of nitrogens with zero attached hydrogens (tertiary/aromatic N) is 1. The number of halogens is 1. The van der Waals surface area contributed by atoms with Crippen molar-refractivity contribution in [1.82, 2.24) is 10.2 Å². The summed E-state index contributed by atoms with van der Waals surface area (Å²) in [5.74, 6) is 0.328. The second-order valence-corrected chi connectivity index (χ2v) is 5.71. The molecule has 0 amide bonds. The number of aromatic amines is 1. The minimum Gasteiger partial charge on any atom is -0.393 e. The molecular formula is C14H18ClN3O. The van der Waals surface area contributed by atoms with Gasteiger partial charge >= 0.3 is 0 Å². The monoisotopic (exact) mass is 279 g/mol. The van der Waals surface area contributed by atoms with E-state index >= 15 is 0 Å². The first kappa shape index (κ1) is 12.8. The molecule has 0 radical (unpaired) electrons. The third-order valence-corrected chi connectivity index (χ3v) is 4.17. The van der Waals surface area contributed by atoms with Crippen molar-refractivity contribution in [3.05, 3.63) is 23.4 Å². The van der Waals surface area contributed by atoms with Gasteiger partial charge in [-0.15, -0.1) is 0 Å². The van der Waals surface area contributed by atoms with Crippen molar-refractivity contribution in [2.45, 2.75) is 31.8 Å². The van der Waals surface area contributed by atoms with Gasteiger partial charge in [0.2, 0.25) is 0 Å².